The first-order valence-corrected chi connectivity index (χ1v) is 8.33. The van der Waals surface area contributed by atoms with Crippen molar-refractivity contribution in [3.8, 4) is 0 Å². The Kier molecular flexibility index (Phi) is 5.66. The number of carbonyl (C=O) groups excluding carboxylic acids is 1. The van der Waals surface area contributed by atoms with Crippen LogP contribution in [-0.2, 0) is 26.2 Å². The number of halogens is 1. The van der Waals surface area contributed by atoms with E-state index in [4.69, 9.17) is 4.74 Å². The molecule has 24 heavy (non-hydrogen) atoms. The summed E-state index contributed by atoms with van der Waals surface area (Å²) in [6.45, 7) is -0.0476. The maximum atomic E-state index is 12.8. The number of hydrogen-bond donors (Lipinski definition) is 0. The number of rotatable bonds is 6. The Hall–Kier alpha value is -2.29. The summed E-state index contributed by atoms with van der Waals surface area (Å²) in [4.78, 5) is 16.7. The second-order valence-electron chi connectivity index (χ2n) is 4.83. The lowest BCUT2D eigenvalue weighted by Crippen LogP contribution is -2.25. The molecule has 0 aliphatic carbocycles. The molecular formula is C16H16FNO5S. The van der Waals surface area contributed by atoms with Gasteiger partial charge in [-0.15, -0.1) is 0 Å². The van der Waals surface area contributed by atoms with E-state index in [1.807, 2.05) is 0 Å². The van der Waals surface area contributed by atoms with Crippen LogP contribution in [0.4, 0.5) is 4.39 Å². The van der Waals surface area contributed by atoms with Gasteiger partial charge < -0.3 is 4.74 Å². The fourth-order valence-corrected chi connectivity index (χ4v) is 2.86. The number of hydroxylamine groups is 1. The minimum absolute atomic E-state index is 0.0476. The van der Waals surface area contributed by atoms with Crippen molar-refractivity contribution in [1.82, 2.24) is 4.47 Å². The number of hydrogen-bond acceptors (Lipinski definition) is 5. The average molecular weight is 353 g/mol. The van der Waals surface area contributed by atoms with Gasteiger partial charge in [0.2, 0.25) is 0 Å². The van der Waals surface area contributed by atoms with Crippen molar-refractivity contribution < 1.29 is 27.2 Å². The van der Waals surface area contributed by atoms with Crippen LogP contribution in [-0.4, -0.2) is 33.0 Å². The molecule has 0 heterocycles. The van der Waals surface area contributed by atoms with Gasteiger partial charge in [-0.05, 0) is 35.9 Å². The van der Waals surface area contributed by atoms with Crippen LogP contribution in [0.3, 0.4) is 0 Å². The molecule has 0 N–H and O–H groups in total. The SMILES string of the molecule is CON(C)S(=O)(=O)c1cccc(C(=O)OCc2ccc(F)cc2)c1. The molecule has 0 aliphatic heterocycles. The third-order valence-electron chi connectivity index (χ3n) is 3.25. The average Bonchev–Trinajstić information content (AvgIpc) is 2.60. The van der Waals surface area contributed by atoms with E-state index in [-0.39, 0.29) is 22.9 Å². The van der Waals surface area contributed by atoms with Gasteiger partial charge in [0.05, 0.1) is 17.6 Å². The molecule has 2 rings (SSSR count). The molecule has 2 aromatic rings. The number of nitrogens with zero attached hydrogens (tertiary/aromatic N) is 1. The Balaban J connectivity index is 2.13. The van der Waals surface area contributed by atoms with Gasteiger partial charge in [0.15, 0.2) is 0 Å². The third kappa shape index (κ3) is 4.16. The summed E-state index contributed by atoms with van der Waals surface area (Å²) in [7, 11) is -1.39. The standard InChI is InChI=1S/C16H16FNO5S/c1-18(22-2)24(20,21)15-5-3-4-13(10-15)16(19)23-11-12-6-8-14(17)9-7-12/h3-10H,11H2,1-2H3. The summed E-state index contributed by atoms with van der Waals surface area (Å²) >= 11 is 0. The minimum Gasteiger partial charge on any atom is -0.457 e. The Morgan fingerprint density at radius 2 is 1.83 bits per heavy atom. The van der Waals surface area contributed by atoms with Crippen LogP contribution in [0.2, 0.25) is 0 Å². The van der Waals surface area contributed by atoms with Crippen molar-refractivity contribution in [2.75, 3.05) is 14.2 Å². The van der Waals surface area contributed by atoms with E-state index in [1.54, 1.807) is 0 Å². The maximum Gasteiger partial charge on any atom is 0.338 e. The molecular weight excluding hydrogens is 337 g/mol. The summed E-state index contributed by atoms with van der Waals surface area (Å²) in [5.74, 6) is -1.07. The Morgan fingerprint density at radius 3 is 2.46 bits per heavy atom. The molecule has 6 nitrogen and oxygen atoms in total. The molecule has 8 heteroatoms. The predicted molar refractivity (Wildman–Crippen MR) is 83.9 cm³/mol. The molecule has 0 saturated carbocycles. The van der Waals surface area contributed by atoms with E-state index in [2.05, 4.69) is 4.84 Å². The number of sulfonamides is 1. The minimum atomic E-state index is -3.86. The zero-order valence-corrected chi connectivity index (χ0v) is 13.9. The van der Waals surface area contributed by atoms with Gasteiger partial charge in [0, 0.05) is 7.05 Å². The van der Waals surface area contributed by atoms with Gasteiger partial charge in [-0.3, -0.25) is 4.84 Å². The van der Waals surface area contributed by atoms with Crippen LogP contribution < -0.4 is 0 Å². The van der Waals surface area contributed by atoms with E-state index < -0.39 is 16.0 Å². The van der Waals surface area contributed by atoms with E-state index >= 15 is 0 Å². The van der Waals surface area contributed by atoms with Gasteiger partial charge in [0.1, 0.15) is 12.4 Å². The fourth-order valence-electron chi connectivity index (χ4n) is 1.84. The monoisotopic (exact) mass is 353 g/mol. The predicted octanol–water partition coefficient (Wildman–Crippen LogP) is 2.36. The van der Waals surface area contributed by atoms with Crippen LogP contribution in [0, 0.1) is 5.82 Å². The lowest BCUT2D eigenvalue weighted by molar-refractivity contribution is -0.0258. The van der Waals surface area contributed by atoms with Crippen LogP contribution in [0.5, 0.6) is 0 Å². The number of esters is 1. The van der Waals surface area contributed by atoms with Crippen LogP contribution in [0.1, 0.15) is 15.9 Å². The molecule has 0 saturated heterocycles. The number of carbonyl (C=O) groups is 1. The molecule has 0 aliphatic rings. The highest BCUT2D eigenvalue weighted by Gasteiger charge is 2.22. The van der Waals surface area contributed by atoms with Gasteiger partial charge in [-0.2, -0.15) is 0 Å². The Morgan fingerprint density at radius 1 is 1.17 bits per heavy atom. The molecule has 0 radical (unpaired) electrons. The van der Waals surface area contributed by atoms with Crippen molar-refractivity contribution in [1.29, 1.82) is 0 Å². The first-order chi connectivity index (χ1) is 11.3. The number of ether oxygens (including phenoxy) is 1. The van der Waals surface area contributed by atoms with E-state index in [0.29, 0.717) is 10.0 Å². The lowest BCUT2D eigenvalue weighted by atomic mass is 10.2. The Labute approximate surface area is 139 Å². The molecule has 0 fully saturated rings. The van der Waals surface area contributed by atoms with Crippen molar-refractivity contribution in [2.45, 2.75) is 11.5 Å². The van der Waals surface area contributed by atoms with Gasteiger partial charge in [-0.25, -0.2) is 17.6 Å². The molecule has 0 atom stereocenters. The summed E-state index contributed by atoms with van der Waals surface area (Å²) in [6, 6.07) is 10.9. The quantitative estimate of drug-likeness (QED) is 0.589. The van der Waals surface area contributed by atoms with E-state index in [0.717, 1.165) is 0 Å². The van der Waals surface area contributed by atoms with Crippen LogP contribution in [0.15, 0.2) is 53.4 Å². The molecule has 0 bridgehead atoms. The third-order valence-corrected chi connectivity index (χ3v) is 4.92. The summed E-state index contributed by atoms with van der Waals surface area (Å²) in [6.07, 6.45) is 0. The van der Waals surface area contributed by atoms with Crippen LogP contribution >= 0.6 is 0 Å². The van der Waals surface area contributed by atoms with Crippen molar-refractivity contribution in [3.63, 3.8) is 0 Å². The van der Waals surface area contributed by atoms with E-state index in [1.165, 1.54) is 62.7 Å². The number of benzene rings is 2. The lowest BCUT2D eigenvalue weighted by Gasteiger charge is -2.14. The highest BCUT2D eigenvalue weighted by Crippen LogP contribution is 2.17. The molecule has 0 aromatic heterocycles. The normalized spacial score (nSPS) is 11.5. The van der Waals surface area contributed by atoms with Gasteiger partial charge in [-0.1, -0.05) is 22.7 Å². The van der Waals surface area contributed by atoms with Crippen molar-refractivity contribution >= 4 is 16.0 Å². The maximum absolute atomic E-state index is 12.8. The second kappa shape index (κ2) is 7.52. The van der Waals surface area contributed by atoms with Crippen molar-refractivity contribution in [3.05, 3.63) is 65.5 Å². The summed E-state index contributed by atoms with van der Waals surface area (Å²) in [5.41, 5.74) is 0.704. The molecule has 2 aromatic carbocycles. The van der Waals surface area contributed by atoms with E-state index in [9.17, 15) is 17.6 Å². The summed E-state index contributed by atoms with van der Waals surface area (Å²) in [5, 5.41) is 0. The largest absolute Gasteiger partial charge is 0.457 e. The summed E-state index contributed by atoms with van der Waals surface area (Å²) < 4.78 is 42.9. The van der Waals surface area contributed by atoms with Gasteiger partial charge >= 0.3 is 5.97 Å². The highest BCUT2D eigenvalue weighted by atomic mass is 32.2. The zero-order chi connectivity index (χ0) is 17.7. The molecule has 0 amide bonds. The molecule has 128 valence electrons. The first kappa shape index (κ1) is 18.1. The zero-order valence-electron chi connectivity index (χ0n) is 13.1. The Bertz CT molecular complexity index is 821. The molecule has 0 unspecified atom stereocenters. The van der Waals surface area contributed by atoms with Gasteiger partial charge in [0.25, 0.3) is 10.0 Å². The first-order valence-electron chi connectivity index (χ1n) is 6.89. The van der Waals surface area contributed by atoms with Crippen molar-refractivity contribution in [2.24, 2.45) is 0 Å². The highest BCUT2D eigenvalue weighted by molar-refractivity contribution is 7.89. The van der Waals surface area contributed by atoms with Crippen LogP contribution in [0.25, 0.3) is 0 Å². The smallest absolute Gasteiger partial charge is 0.338 e. The topological polar surface area (TPSA) is 72.9 Å². The fraction of sp³-hybridized carbons (Fsp3) is 0.188. The second-order valence-corrected chi connectivity index (χ2v) is 6.76. The molecule has 0 spiro atoms.